The monoisotopic (exact) mass is 361 g/mol. The maximum atomic E-state index is 13.9. The quantitative estimate of drug-likeness (QED) is 0.815. The summed E-state index contributed by atoms with van der Waals surface area (Å²) in [6.45, 7) is 4.96. The number of alkyl halides is 3. The molecule has 0 amide bonds. The van der Waals surface area contributed by atoms with Crippen molar-refractivity contribution in [3.05, 3.63) is 35.1 Å². The molecule has 140 valence electrons. The number of carbonyl (C=O) groups is 1. The summed E-state index contributed by atoms with van der Waals surface area (Å²) < 4.78 is 52.1. The minimum atomic E-state index is -4.76. The zero-order valence-corrected chi connectivity index (χ0v) is 14.3. The molecule has 3 nitrogen and oxygen atoms in total. The number of hydrogen-bond acceptors (Lipinski definition) is 3. The molecule has 1 fully saturated rings. The van der Waals surface area contributed by atoms with Gasteiger partial charge in [-0.2, -0.15) is 13.2 Å². The molecule has 1 aliphatic rings. The molecule has 7 heteroatoms. The molecule has 1 unspecified atom stereocenters. The van der Waals surface area contributed by atoms with Crippen molar-refractivity contribution in [2.45, 2.75) is 44.9 Å². The average molecular weight is 361 g/mol. The second-order valence-corrected chi connectivity index (χ2v) is 6.88. The van der Waals surface area contributed by atoms with Crippen molar-refractivity contribution >= 4 is 5.78 Å². The minimum absolute atomic E-state index is 0.134. The number of carbonyl (C=O) groups excluding carboxylic acids is 1. The lowest BCUT2D eigenvalue weighted by Gasteiger charge is -2.32. The molecule has 0 radical (unpaired) electrons. The molecule has 0 aliphatic carbocycles. The van der Waals surface area contributed by atoms with Gasteiger partial charge in [0.05, 0.1) is 17.6 Å². The molecule has 1 aromatic rings. The first-order valence-corrected chi connectivity index (χ1v) is 8.40. The summed E-state index contributed by atoms with van der Waals surface area (Å²) in [5, 5.41) is 9.57. The normalized spacial score (nSPS) is 18.6. The lowest BCUT2D eigenvalue weighted by molar-refractivity contribution is -0.140. The van der Waals surface area contributed by atoms with Gasteiger partial charge in [-0.3, -0.25) is 4.79 Å². The van der Waals surface area contributed by atoms with Crippen LogP contribution in [-0.2, 0) is 11.0 Å². The van der Waals surface area contributed by atoms with Gasteiger partial charge in [-0.15, -0.1) is 0 Å². The van der Waals surface area contributed by atoms with Crippen LogP contribution in [0.1, 0.15) is 43.7 Å². The molecule has 0 bridgehead atoms. The Morgan fingerprint density at radius 3 is 2.36 bits per heavy atom. The van der Waals surface area contributed by atoms with Crippen LogP contribution in [0.25, 0.3) is 0 Å². The molecular weight excluding hydrogens is 338 g/mol. The molecule has 25 heavy (non-hydrogen) atoms. The van der Waals surface area contributed by atoms with Crippen LogP contribution < -0.4 is 0 Å². The Labute approximate surface area is 144 Å². The van der Waals surface area contributed by atoms with Crippen LogP contribution in [0.3, 0.4) is 0 Å². The highest BCUT2D eigenvalue weighted by molar-refractivity contribution is 5.87. The van der Waals surface area contributed by atoms with Gasteiger partial charge in [-0.25, -0.2) is 4.39 Å². The van der Waals surface area contributed by atoms with E-state index >= 15 is 0 Å². The Bertz CT molecular complexity index is 608. The Balaban J connectivity index is 2.26. The van der Waals surface area contributed by atoms with Crippen molar-refractivity contribution in [3.8, 4) is 0 Å². The summed E-state index contributed by atoms with van der Waals surface area (Å²) in [5.41, 5.74) is -1.07. The topological polar surface area (TPSA) is 40.5 Å². The third kappa shape index (κ3) is 5.01. The smallest absolute Gasteiger partial charge is 0.393 e. The Kier molecular flexibility index (Phi) is 6.21. The van der Waals surface area contributed by atoms with Gasteiger partial charge < -0.3 is 10.0 Å². The van der Waals surface area contributed by atoms with Crippen LogP contribution in [0.2, 0.25) is 0 Å². The number of hydrogen-bond donors (Lipinski definition) is 1. The average Bonchev–Trinajstić information content (AvgIpc) is 2.52. The molecular formula is C18H23F4NO2. The van der Waals surface area contributed by atoms with Gasteiger partial charge in [-0.05, 0) is 30.5 Å². The predicted molar refractivity (Wildman–Crippen MR) is 85.7 cm³/mol. The number of benzene rings is 1. The van der Waals surface area contributed by atoms with Crippen molar-refractivity contribution in [1.82, 2.24) is 4.90 Å². The van der Waals surface area contributed by atoms with Gasteiger partial charge in [0, 0.05) is 25.6 Å². The molecule has 1 saturated heterocycles. The van der Waals surface area contributed by atoms with E-state index in [9.17, 15) is 27.5 Å². The zero-order chi connectivity index (χ0) is 18.8. The van der Waals surface area contributed by atoms with Crippen LogP contribution in [0.5, 0.6) is 0 Å². The highest BCUT2D eigenvalue weighted by Gasteiger charge is 2.35. The summed E-state index contributed by atoms with van der Waals surface area (Å²) in [7, 11) is 0. The van der Waals surface area contributed by atoms with Gasteiger partial charge in [-0.1, -0.05) is 19.9 Å². The fourth-order valence-electron chi connectivity index (χ4n) is 3.10. The maximum absolute atomic E-state index is 13.9. The largest absolute Gasteiger partial charge is 0.419 e. The van der Waals surface area contributed by atoms with Crippen LogP contribution in [0.15, 0.2) is 18.2 Å². The van der Waals surface area contributed by atoms with Crippen molar-refractivity contribution in [1.29, 1.82) is 0 Å². The SMILES string of the molecule is CC(C)C(=O)C(CN1CCC(O)CC1)c1ccc(C(F)(F)F)c(F)c1. The molecule has 0 saturated carbocycles. The number of aliphatic hydroxyl groups excluding tert-OH is 1. The van der Waals surface area contributed by atoms with Crippen LogP contribution in [-0.4, -0.2) is 41.5 Å². The molecule has 2 rings (SSSR count). The summed E-state index contributed by atoms with van der Waals surface area (Å²) in [5.74, 6) is -2.50. The number of piperidine rings is 1. The number of ketones is 1. The van der Waals surface area contributed by atoms with E-state index in [-0.39, 0.29) is 23.4 Å². The second kappa shape index (κ2) is 7.83. The van der Waals surface area contributed by atoms with Crippen molar-refractivity contribution in [2.75, 3.05) is 19.6 Å². The van der Waals surface area contributed by atoms with E-state index < -0.39 is 23.5 Å². The first-order valence-electron chi connectivity index (χ1n) is 8.40. The van der Waals surface area contributed by atoms with E-state index in [0.717, 1.165) is 6.07 Å². The highest BCUT2D eigenvalue weighted by Crippen LogP contribution is 2.33. The molecule has 0 aromatic heterocycles. The summed E-state index contributed by atoms with van der Waals surface area (Å²) in [6, 6.07) is 2.72. The van der Waals surface area contributed by atoms with E-state index in [1.807, 2.05) is 4.90 Å². The number of halogens is 4. The fraction of sp³-hybridized carbons (Fsp3) is 0.611. The fourth-order valence-corrected chi connectivity index (χ4v) is 3.10. The lowest BCUT2D eigenvalue weighted by Crippen LogP contribution is -2.40. The van der Waals surface area contributed by atoms with Gasteiger partial charge >= 0.3 is 6.18 Å². The molecule has 1 aromatic carbocycles. The summed E-state index contributed by atoms with van der Waals surface area (Å²) in [4.78, 5) is 14.5. The molecule has 1 aliphatic heterocycles. The van der Waals surface area contributed by atoms with Gasteiger partial charge in [0.1, 0.15) is 11.6 Å². The van der Waals surface area contributed by atoms with Crippen LogP contribution >= 0.6 is 0 Å². The molecule has 1 heterocycles. The molecule has 1 N–H and O–H groups in total. The predicted octanol–water partition coefficient (Wildman–Crippen LogP) is 3.61. The maximum Gasteiger partial charge on any atom is 0.419 e. The standard InChI is InChI=1S/C18H23F4NO2/c1-11(2)17(25)14(10-23-7-5-13(24)6-8-23)12-3-4-15(16(19)9-12)18(20,21)22/h3-4,9,11,13-14,24H,5-8,10H2,1-2H3. The van der Waals surface area contributed by atoms with E-state index in [2.05, 4.69) is 0 Å². The van der Waals surface area contributed by atoms with Gasteiger partial charge in [0.15, 0.2) is 0 Å². The van der Waals surface area contributed by atoms with Crippen molar-refractivity contribution in [2.24, 2.45) is 5.92 Å². The first kappa shape index (κ1) is 19.8. The third-order valence-corrected chi connectivity index (χ3v) is 4.61. The highest BCUT2D eigenvalue weighted by atomic mass is 19.4. The summed E-state index contributed by atoms with van der Waals surface area (Å²) in [6.07, 6.45) is -3.95. The van der Waals surface area contributed by atoms with E-state index in [0.29, 0.717) is 38.5 Å². The van der Waals surface area contributed by atoms with E-state index in [4.69, 9.17) is 0 Å². The number of rotatable bonds is 5. The lowest BCUT2D eigenvalue weighted by atomic mass is 9.87. The molecule has 1 atom stereocenters. The number of Topliss-reactive ketones (excluding diaryl/α,β-unsaturated/α-hetero) is 1. The van der Waals surface area contributed by atoms with E-state index in [1.165, 1.54) is 6.07 Å². The third-order valence-electron chi connectivity index (χ3n) is 4.61. The molecule has 0 spiro atoms. The van der Waals surface area contributed by atoms with Crippen LogP contribution in [0, 0.1) is 11.7 Å². The minimum Gasteiger partial charge on any atom is -0.393 e. The number of likely N-dealkylation sites (tertiary alicyclic amines) is 1. The number of nitrogens with zero attached hydrogens (tertiary/aromatic N) is 1. The van der Waals surface area contributed by atoms with Gasteiger partial charge in [0.25, 0.3) is 0 Å². The zero-order valence-electron chi connectivity index (χ0n) is 14.3. The Morgan fingerprint density at radius 1 is 1.28 bits per heavy atom. The number of aliphatic hydroxyl groups is 1. The Hall–Kier alpha value is -1.47. The van der Waals surface area contributed by atoms with Crippen molar-refractivity contribution < 1.29 is 27.5 Å². The summed E-state index contributed by atoms with van der Waals surface area (Å²) >= 11 is 0. The van der Waals surface area contributed by atoms with Crippen molar-refractivity contribution in [3.63, 3.8) is 0 Å². The van der Waals surface area contributed by atoms with Crippen LogP contribution in [0.4, 0.5) is 17.6 Å². The van der Waals surface area contributed by atoms with E-state index in [1.54, 1.807) is 13.8 Å². The van der Waals surface area contributed by atoms with Gasteiger partial charge in [0.2, 0.25) is 0 Å². The first-order chi connectivity index (χ1) is 11.6. The second-order valence-electron chi connectivity index (χ2n) is 6.88. The Morgan fingerprint density at radius 2 is 1.88 bits per heavy atom.